The standard InChI is InChI=1S/C17H12N2O3/c20-17(21)13-6-4-5-12(11-13)16-18-10-9-15(19-16)22-14-7-2-1-3-8-14/h1-11H,(H,20,21). The van der Waals surface area contributed by atoms with Crippen molar-refractivity contribution in [3.05, 3.63) is 72.4 Å². The summed E-state index contributed by atoms with van der Waals surface area (Å²) in [5.41, 5.74) is 0.814. The van der Waals surface area contributed by atoms with Crippen LogP contribution >= 0.6 is 0 Å². The normalized spacial score (nSPS) is 10.2. The number of carboxylic acid groups (broad SMARTS) is 1. The molecule has 0 saturated carbocycles. The average molecular weight is 292 g/mol. The van der Waals surface area contributed by atoms with E-state index >= 15 is 0 Å². The van der Waals surface area contributed by atoms with Gasteiger partial charge in [0.15, 0.2) is 5.82 Å². The van der Waals surface area contributed by atoms with Crippen LogP contribution in [-0.2, 0) is 0 Å². The highest BCUT2D eigenvalue weighted by Gasteiger charge is 2.08. The molecule has 1 heterocycles. The van der Waals surface area contributed by atoms with Crippen molar-refractivity contribution in [3.8, 4) is 23.0 Å². The topological polar surface area (TPSA) is 72.3 Å². The lowest BCUT2D eigenvalue weighted by Gasteiger charge is -2.06. The molecule has 0 saturated heterocycles. The Morgan fingerprint density at radius 1 is 1.00 bits per heavy atom. The Bertz CT molecular complexity index is 804. The minimum absolute atomic E-state index is 0.190. The largest absolute Gasteiger partial charge is 0.478 e. The number of carbonyl (C=O) groups is 1. The van der Waals surface area contributed by atoms with Crippen molar-refractivity contribution < 1.29 is 14.6 Å². The summed E-state index contributed by atoms with van der Waals surface area (Å²) in [6.07, 6.45) is 1.58. The maximum atomic E-state index is 11.0. The van der Waals surface area contributed by atoms with Crippen molar-refractivity contribution >= 4 is 5.97 Å². The molecule has 0 aliphatic heterocycles. The second-order valence-corrected chi connectivity index (χ2v) is 4.52. The first-order chi connectivity index (χ1) is 10.7. The van der Waals surface area contributed by atoms with Crippen LogP contribution in [0.4, 0.5) is 0 Å². The first-order valence-corrected chi connectivity index (χ1v) is 6.62. The molecule has 0 aliphatic rings. The van der Waals surface area contributed by atoms with Gasteiger partial charge in [0.25, 0.3) is 0 Å². The van der Waals surface area contributed by atoms with Crippen LogP contribution in [0, 0.1) is 0 Å². The smallest absolute Gasteiger partial charge is 0.335 e. The van der Waals surface area contributed by atoms with Crippen molar-refractivity contribution in [2.45, 2.75) is 0 Å². The van der Waals surface area contributed by atoms with E-state index < -0.39 is 5.97 Å². The van der Waals surface area contributed by atoms with Crippen molar-refractivity contribution in [2.75, 3.05) is 0 Å². The van der Waals surface area contributed by atoms with E-state index in [0.29, 0.717) is 23.0 Å². The molecule has 5 heteroatoms. The van der Waals surface area contributed by atoms with Gasteiger partial charge in [0, 0.05) is 17.8 Å². The van der Waals surface area contributed by atoms with Crippen LogP contribution in [0.1, 0.15) is 10.4 Å². The third-order valence-corrected chi connectivity index (χ3v) is 2.96. The van der Waals surface area contributed by atoms with E-state index in [1.54, 1.807) is 24.4 Å². The van der Waals surface area contributed by atoms with Gasteiger partial charge in [-0.3, -0.25) is 0 Å². The number of aromatic nitrogens is 2. The highest BCUT2D eigenvalue weighted by atomic mass is 16.5. The number of carboxylic acids is 1. The molecule has 0 amide bonds. The highest BCUT2D eigenvalue weighted by Crippen LogP contribution is 2.22. The van der Waals surface area contributed by atoms with E-state index in [2.05, 4.69) is 9.97 Å². The van der Waals surface area contributed by atoms with Gasteiger partial charge >= 0.3 is 5.97 Å². The fourth-order valence-electron chi connectivity index (χ4n) is 1.94. The second-order valence-electron chi connectivity index (χ2n) is 4.52. The summed E-state index contributed by atoms with van der Waals surface area (Å²) in [5.74, 6) is 0.499. The van der Waals surface area contributed by atoms with Gasteiger partial charge in [-0.2, -0.15) is 4.98 Å². The molecule has 0 atom stereocenters. The molecule has 0 aliphatic carbocycles. The molecule has 1 N–H and O–H groups in total. The van der Waals surface area contributed by atoms with Crippen LogP contribution in [0.3, 0.4) is 0 Å². The monoisotopic (exact) mass is 292 g/mol. The predicted octanol–water partition coefficient (Wildman–Crippen LogP) is 3.63. The van der Waals surface area contributed by atoms with E-state index in [4.69, 9.17) is 9.84 Å². The van der Waals surface area contributed by atoms with E-state index in [-0.39, 0.29) is 5.56 Å². The minimum Gasteiger partial charge on any atom is -0.478 e. The molecule has 2 aromatic carbocycles. The Kier molecular flexibility index (Phi) is 3.78. The summed E-state index contributed by atoms with van der Waals surface area (Å²) in [5, 5.41) is 9.04. The molecule has 0 bridgehead atoms. The summed E-state index contributed by atoms with van der Waals surface area (Å²) in [6, 6.07) is 17.4. The zero-order valence-electron chi connectivity index (χ0n) is 11.5. The number of ether oxygens (including phenoxy) is 1. The van der Waals surface area contributed by atoms with E-state index in [0.717, 1.165) is 0 Å². The van der Waals surface area contributed by atoms with Gasteiger partial charge in [0.05, 0.1) is 5.56 Å². The van der Waals surface area contributed by atoms with Crippen LogP contribution in [0.2, 0.25) is 0 Å². The van der Waals surface area contributed by atoms with Crippen molar-refractivity contribution in [3.63, 3.8) is 0 Å². The molecule has 5 nitrogen and oxygen atoms in total. The number of benzene rings is 2. The second kappa shape index (κ2) is 6.05. The first kappa shape index (κ1) is 13.8. The molecule has 1 aromatic heterocycles. The summed E-state index contributed by atoms with van der Waals surface area (Å²) in [6.45, 7) is 0. The van der Waals surface area contributed by atoms with E-state index in [1.165, 1.54) is 12.1 Å². The Morgan fingerprint density at radius 3 is 2.59 bits per heavy atom. The molecule has 3 aromatic rings. The first-order valence-electron chi connectivity index (χ1n) is 6.62. The number of para-hydroxylation sites is 1. The summed E-state index contributed by atoms with van der Waals surface area (Å²) >= 11 is 0. The Hall–Kier alpha value is -3.21. The minimum atomic E-state index is -0.987. The number of nitrogens with zero attached hydrogens (tertiary/aromatic N) is 2. The van der Waals surface area contributed by atoms with Crippen LogP contribution in [0.15, 0.2) is 66.9 Å². The van der Waals surface area contributed by atoms with Gasteiger partial charge in [0.2, 0.25) is 5.88 Å². The lowest BCUT2D eigenvalue weighted by atomic mass is 10.1. The number of rotatable bonds is 4. The fourth-order valence-corrected chi connectivity index (χ4v) is 1.94. The summed E-state index contributed by atoms with van der Waals surface area (Å²) in [7, 11) is 0. The number of aromatic carboxylic acids is 1. The average Bonchev–Trinajstić information content (AvgIpc) is 2.56. The fraction of sp³-hybridized carbons (Fsp3) is 0. The lowest BCUT2D eigenvalue weighted by molar-refractivity contribution is 0.0697. The van der Waals surface area contributed by atoms with Gasteiger partial charge in [-0.25, -0.2) is 9.78 Å². The van der Waals surface area contributed by atoms with Gasteiger partial charge < -0.3 is 9.84 Å². The molecular formula is C17H12N2O3. The summed E-state index contributed by atoms with van der Waals surface area (Å²) < 4.78 is 5.65. The molecule has 3 rings (SSSR count). The maximum absolute atomic E-state index is 11.0. The molecule has 0 radical (unpaired) electrons. The van der Waals surface area contributed by atoms with Gasteiger partial charge in [-0.05, 0) is 24.3 Å². The number of hydrogen-bond donors (Lipinski definition) is 1. The van der Waals surface area contributed by atoms with Gasteiger partial charge in [-0.1, -0.05) is 30.3 Å². The Morgan fingerprint density at radius 2 is 1.82 bits per heavy atom. The third kappa shape index (κ3) is 3.09. The molecule has 22 heavy (non-hydrogen) atoms. The maximum Gasteiger partial charge on any atom is 0.335 e. The zero-order chi connectivity index (χ0) is 15.4. The zero-order valence-corrected chi connectivity index (χ0v) is 11.5. The Balaban J connectivity index is 1.91. The van der Waals surface area contributed by atoms with Crippen molar-refractivity contribution in [1.82, 2.24) is 9.97 Å². The molecule has 0 fully saturated rings. The number of hydrogen-bond acceptors (Lipinski definition) is 4. The van der Waals surface area contributed by atoms with Gasteiger partial charge in [-0.15, -0.1) is 0 Å². The predicted molar refractivity (Wildman–Crippen MR) is 80.9 cm³/mol. The van der Waals surface area contributed by atoms with E-state index in [9.17, 15) is 4.79 Å². The van der Waals surface area contributed by atoms with Crippen LogP contribution < -0.4 is 4.74 Å². The van der Waals surface area contributed by atoms with Crippen LogP contribution in [-0.4, -0.2) is 21.0 Å². The lowest BCUT2D eigenvalue weighted by Crippen LogP contribution is -1.97. The third-order valence-electron chi connectivity index (χ3n) is 2.96. The molecule has 0 unspecified atom stereocenters. The molecule has 0 spiro atoms. The SMILES string of the molecule is O=C(O)c1cccc(-c2nccc(Oc3ccccc3)n2)c1. The van der Waals surface area contributed by atoms with Crippen molar-refractivity contribution in [2.24, 2.45) is 0 Å². The Labute approximate surface area is 126 Å². The molecule has 108 valence electrons. The van der Waals surface area contributed by atoms with Crippen LogP contribution in [0.25, 0.3) is 11.4 Å². The quantitative estimate of drug-likeness (QED) is 0.795. The summed E-state index contributed by atoms with van der Waals surface area (Å²) in [4.78, 5) is 19.5. The van der Waals surface area contributed by atoms with Crippen molar-refractivity contribution in [1.29, 1.82) is 0 Å². The van der Waals surface area contributed by atoms with E-state index in [1.807, 2.05) is 30.3 Å². The molecular weight excluding hydrogens is 280 g/mol. The van der Waals surface area contributed by atoms with Gasteiger partial charge in [0.1, 0.15) is 5.75 Å². The highest BCUT2D eigenvalue weighted by molar-refractivity contribution is 5.89. The van der Waals surface area contributed by atoms with Crippen LogP contribution in [0.5, 0.6) is 11.6 Å².